The fourth-order valence-electron chi connectivity index (χ4n) is 4.02. The van der Waals surface area contributed by atoms with Crippen LogP contribution in [0.25, 0.3) is 0 Å². The molecule has 0 atom stereocenters. The molecule has 128 valence electrons. The van der Waals surface area contributed by atoms with Crippen LogP contribution in [0, 0.1) is 10.8 Å². The third kappa shape index (κ3) is 10.3. The lowest BCUT2D eigenvalue weighted by atomic mass is 9.79. The third-order valence-electron chi connectivity index (χ3n) is 3.76. The fourth-order valence-corrected chi connectivity index (χ4v) is 4.02. The van der Waals surface area contributed by atoms with E-state index in [2.05, 4.69) is 53.5 Å². The molecule has 0 aliphatic heterocycles. The molecule has 0 unspecified atom stereocenters. The minimum absolute atomic E-state index is 0.0903. The summed E-state index contributed by atoms with van der Waals surface area (Å²) < 4.78 is 5.57. The summed E-state index contributed by atoms with van der Waals surface area (Å²) in [6, 6.07) is 0. The van der Waals surface area contributed by atoms with Gasteiger partial charge in [-0.1, -0.05) is 27.7 Å². The molecule has 21 heavy (non-hydrogen) atoms. The number of ether oxygens (including phenoxy) is 1. The molecule has 1 N–H and O–H groups in total. The Labute approximate surface area is 133 Å². The second kappa shape index (κ2) is 6.97. The molecule has 0 heterocycles. The van der Waals surface area contributed by atoms with Crippen molar-refractivity contribution in [1.29, 1.82) is 0 Å². The van der Waals surface area contributed by atoms with Gasteiger partial charge in [0.25, 0.3) is 0 Å². The largest absolute Gasteiger partial charge is 0.390 e. The summed E-state index contributed by atoms with van der Waals surface area (Å²) in [6.07, 6.45) is 1.82. The predicted octanol–water partition coefficient (Wildman–Crippen LogP) is 3.95. The lowest BCUT2D eigenvalue weighted by Crippen LogP contribution is -2.42. The van der Waals surface area contributed by atoms with Crippen LogP contribution in [0.4, 0.5) is 0 Å². The van der Waals surface area contributed by atoms with Crippen LogP contribution in [-0.2, 0) is 4.74 Å². The first-order chi connectivity index (χ1) is 9.08. The highest BCUT2D eigenvalue weighted by Gasteiger charge is 2.32. The summed E-state index contributed by atoms with van der Waals surface area (Å²) in [7, 11) is 3.96. The molecule has 0 aromatic heterocycles. The lowest BCUT2D eigenvalue weighted by Gasteiger charge is -2.40. The fraction of sp³-hybridized carbons (Fsp3) is 1.00. The van der Waals surface area contributed by atoms with Gasteiger partial charge in [-0.25, -0.2) is 0 Å². The van der Waals surface area contributed by atoms with E-state index in [9.17, 15) is 5.11 Å². The lowest BCUT2D eigenvalue weighted by molar-refractivity contribution is -0.0229. The van der Waals surface area contributed by atoms with E-state index < -0.39 is 5.60 Å². The molecule has 3 nitrogen and oxygen atoms in total. The smallest absolute Gasteiger partial charge is 0.0628 e. The van der Waals surface area contributed by atoms with Crippen LogP contribution in [0.3, 0.4) is 0 Å². The van der Waals surface area contributed by atoms with Crippen LogP contribution in [-0.4, -0.2) is 48.5 Å². The molecule has 0 saturated carbocycles. The van der Waals surface area contributed by atoms with Crippen LogP contribution in [0.15, 0.2) is 0 Å². The Morgan fingerprint density at radius 3 is 1.52 bits per heavy atom. The quantitative estimate of drug-likeness (QED) is 0.700. The summed E-state index contributed by atoms with van der Waals surface area (Å²) in [5.74, 6) is 0. The van der Waals surface area contributed by atoms with Crippen molar-refractivity contribution in [2.24, 2.45) is 10.8 Å². The summed E-state index contributed by atoms with van der Waals surface area (Å²) in [5, 5.41) is 10.0. The van der Waals surface area contributed by atoms with Gasteiger partial charge >= 0.3 is 0 Å². The van der Waals surface area contributed by atoms with Crippen LogP contribution >= 0.6 is 0 Å². The van der Waals surface area contributed by atoms with E-state index in [4.69, 9.17) is 4.74 Å². The number of aliphatic hydroxyl groups is 1. The van der Waals surface area contributed by atoms with Gasteiger partial charge in [-0.2, -0.15) is 0 Å². The SMILES string of the molecule is COC(C)(C)CC(C)(C)CN(C)CC(C)(C)CC(C)(C)O. The van der Waals surface area contributed by atoms with E-state index in [0.717, 1.165) is 25.9 Å². The molecule has 0 rings (SSSR count). The normalized spacial score (nSPS) is 14.9. The number of nitrogens with zero attached hydrogens (tertiary/aromatic N) is 1. The highest BCUT2D eigenvalue weighted by atomic mass is 16.5. The van der Waals surface area contributed by atoms with Crippen LogP contribution < -0.4 is 0 Å². The first-order valence-corrected chi connectivity index (χ1v) is 8.04. The number of methoxy groups -OCH3 is 1. The van der Waals surface area contributed by atoms with Crippen LogP contribution in [0.2, 0.25) is 0 Å². The highest BCUT2D eigenvalue weighted by Crippen LogP contribution is 2.33. The van der Waals surface area contributed by atoms with Crippen molar-refractivity contribution >= 4 is 0 Å². The van der Waals surface area contributed by atoms with Crippen molar-refractivity contribution in [3.05, 3.63) is 0 Å². The maximum Gasteiger partial charge on any atom is 0.0628 e. The standard InChI is InChI=1S/C18H39NO2/c1-15(2,11-17(5,6)20)13-19(9)14-16(3,4)12-18(7,8)21-10/h20H,11-14H2,1-10H3. The van der Waals surface area contributed by atoms with Gasteiger partial charge in [0.05, 0.1) is 11.2 Å². The zero-order chi connectivity index (χ0) is 17.1. The molecule has 0 fully saturated rings. The van der Waals surface area contributed by atoms with Crippen molar-refractivity contribution in [3.8, 4) is 0 Å². The maximum atomic E-state index is 10.0. The van der Waals surface area contributed by atoms with Crippen molar-refractivity contribution in [3.63, 3.8) is 0 Å². The van der Waals surface area contributed by atoms with Crippen LogP contribution in [0.1, 0.15) is 68.2 Å². The van der Waals surface area contributed by atoms with E-state index in [1.807, 2.05) is 13.8 Å². The molecule has 0 aliphatic rings. The van der Waals surface area contributed by atoms with E-state index >= 15 is 0 Å². The summed E-state index contributed by atoms with van der Waals surface area (Å²) >= 11 is 0. The molecule has 0 spiro atoms. The summed E-state index contributed by atoms with van der Waals surface area (Å²) in [5.41, 5.74) is -0.413. The highest BCUT2D eigenvalue weighted by molar-refractivity contribution is 4.85. The second-order valence-electron chi connectivity index (χ2n) is 9.63. The molecule has 0 radical (unpaired) electrons. The van der Waals surface area contributed by atoms with Crippen molar-refractivity contribution in [2.45, 2.75) is 79.4 Å². The van der Waals surface area contributed by atoms with Gasteiger partial charge in [-0.15, -0.1) is 0 Å². The van der Waals surface area contributed by atoms with Crippen molar-refractivity contribution in [2.75, 3.05) is 27.2 Å². The Bertz CT molecular complexity index is 314. The monoisotopic (exact) mass is 301 g/mol. The van der Waals surface area contributed by atoms with E-state index in [1.165, 1.54) is 0 Å². The van der Waals surface area contributed by atoms with E-state index in [1.54, 1.807) is 7.11 Å². The van der Waals surface area contributed by atoms with E-state index in [0.29, 0.717) is 0 Å². The molecule has 0 bridgehead atoms. The Morgan fingerprint density at radius 2 is 1.19 bits per heavy atom. The molecule has 3 heteroatoms. The molecular weight excluding hydrogens is 262 g/mol. The van der Waals surface area contributed by atoms with Crippen molar-refractivity contribution < 1.29 is 9.84 Å². The zero-order valence-corrected chi connectivity index (χ0v) is 16.1. The Hall–Kier alpha value is -0.120. The first-order valence-electron chi connectivity index (χ1n) is 8.04. The van der Waals surface area contributed by atoms with Gasteiger partial charge < -0.3 is 14.7 Å². The third-order valence-corrected chi connectivity index (χ3v) is 3.76. The maximum absolute atomic E-state index is 10.0. The first kappa shape index (κ1) is 20.9. The average Bonchev–Trinajstić information content (AvgIpc) is 2.08. The molecule has 0 aromatic rings. The van der Waals surface area contributed by atoms with Gasteiger partial charge in [-0.05, 0) is 58.4 Å². The average molecular weight is 302 g/mol. The van der Waals surface area contributed by atoms with Gasteiger partial charge in [-0.3, -0.25) is 0 Å². The minimum Gasteiger partial charge on any atom is -0.390 e. The molecule has 0 aromatic carbocycles. The molecule has 0 aliphatic carbocycles. The number of hydrogen-bond acceptors (Lipinski definition) is 3. The molecule has 0 amide bonds. The van der Waals surface area contributed by atoms with Gasteiger partial charge in [0.2, 0.25) is 0 Å². The van der Waals surface area contributed by atoms with E-state index in [-0.39, 0.29) is 16.4 Å². The minimum atomic E-state index is -0.613. The van der Waals surface area contributed by atoms with Crippen LogP contribution in [0.5, 0.6) is 0 Å². The number of hydrogen-bond donors (Lipinski definition) is 1. The topological polar surface area (TPSA) is 32.7 Å². The Kier molecular flexibility index (Phi) is 6.93. The molecule has 0 saturated heterocycles. The van der Waals surface area contributed by atoms with Gasteiger partial charge in [0.1, 0.15) is 0 Å². The second-order valence-corrected chi connectivity index (χ2v) is 9.63. The zero-order valence-electron chi connectivity index (χ0n) is 16.1. The predicted molar refractivity (Wildman–Crippen MR) is 91.7 cm³/mol. The Morgan fingerprint density at radius 1 is 0.810 bits per heavy atom. The number of rotatable bonds is 9. The van der Waals surface area contributed by atoms with Gasteiger partial charge in [0, 0.05) is 20.2 Å². The van der Waals surface area contributed by atoms with Gasteiger partial charge in [0.15, 0.2) is 0 Å². The summed E-state index contributed by atoms with van der Waals surface area (Å²) in [6.45, 7) is 19.1. The summed E-state index contributed by atoms with van der Waals surface area (Å²) in [4.78, 5) is 2.39. The van der Waals surface area contributed by atoms with Crippen molar-refractivity contribution in [1.82, 2.24) is 4.90 Å². The Balaban J connectivity index is 4.58. The molecular formula is C18H39NO2.